The van der Waals surface area contributed by atoms with E-state index in [4.69, 9.17) is 4.52 Å². The lowest BCUT2D eigenvalue weighted by molar-refractivity contribution is -0.143. The van der Waals surface area contributed by atoms with Crippen LogP contribution in [-0.4, -0.2) is 82.6 Å². The number of ketones is 1. The van der Waals surface area contributed by atoms with E-state index in [0.29, 0.717) is 38.1 Å². The third-order valence-corrected chi connectivity index (χ3v) is 8.33. The normalized spacial score (nSPS) is 22.4. The van der Waals surface area contributed by atoms with Crippen molar-refractivity contribution in [3.63, 3.8) is 0 Å². The number of nitrogens with one attached hydrogen (secondary N) is 4. The van der Waals surface area contributed by atoms with Gasteiger partial charge in [-0.2, -0.15) is 0 Å². The number of hydrogen-bond donors (Lipinski definition) is 4. The van der Waals surface area contributed by atoms with Crippen LogP contribution in [0.1, 0.15) is 87.9 Å². The quantitative estimate of drug-likeness (QED) is 0.274. The highest BCUT2D eigenvalue weighted by Crippen LogP contribution is 2.30. The van der Waals surface area contributed by atoms with Gasteiger partial charge in [0.2, 0.25) is 23.5 Å². The summed E-state index contributed by atoms with van der Waals surface area (Å²) in [6.45, 7) is 5.89. The second-order valence-corrected chi connectivity index (χ2v) is 11.9. The van der Waals surface area contributed by atoms with Crippen LogP contribution in [0.4, 0.5) is 0 Å². The largest absolute Gasteiger partial charge is 0.361 e. The van der Waals surface area contributed by atoms with E-state index in [1.54, 1.807) is 20.8 Å². The van der Waals surface area contributed by atoms with Gasteiger partial charge in [0.05, 0.1) is 6.04 Å². The third-order valence-electron chi connectivity index (χ3n) is 8.33. The number of carbonyl (C=O) groups is 6. The number of carbonyl (C=O) groups excluding carboxylic acids is 6. The Bertz CT molecular complexity index is 1190. The molecule has 5 amide bonds. The summed E-state index contributed by atoms with van der Waals surface area (Å²) in [5.41, 5.74) is 0.0776. The predicted molar refractivity (Wildman–Crippen MR) is 150 cm³/mol. The molecule has 42 heavy (non-hydrogen) atoms. The van der Waals surface area contributed by atoms with Crippen molar-refractivity contribution in [2.45, 2.75) is 103 Å². The summed E-state index contributed by atoms with van der Waals surface area (Å²) >= 11 is 0. The lowest BCUT2D eigenvalue weighted by Crippen LogP contribution is -2.58. The zero-order valence-corrected chi connectivity index (χ0v) is 24.6. The first kappa shape index (κ1) is 31.2. The Labute approximate surface area is 245 Å². The molecule has 4 N–H and O–H groups in total. The van der Waals surface area contributed by atoms with Crippen molar-refractivity contribution in [1.29, 1.82) is 0 Å². The molecule has 1 aromatic rings. The minimum atomic E-state index is -1.22. The van der Waals surface area contributed by atoms with E-state index in [2.05, 4.69) is 26.4 Å². The smallest absolute Gasteiger partial charge is 0.289 e. The van der Waals surface area contributed by atoms with Gasteiger partial charge in [-0.25, -0.2) is 0 Å². The molecule has 3 fully saturated rings. The van der Waals surface area contributed by atoms with Gasteiger partial charge in [0, 0.05) is 31.1 Å². The molecule has 1 aliphatic carbocycles. The van der Waals surface area contributed by atoms with Crippen molar-refractivity contribution in [2.24, 2.45) is 11.8 Å². The molecule has 0 bridgehead atoms. The monoisotopic (exact) mass is 586 g/mol. The predicted octanol–water partition coefficient (Wildman–Crippen LogP) is 0.757. The van der Waals surface area contributed by atoms with E-state index in [0.717, 1.165) is 32.1 Å². The van der Waals surface area contributed by atoms with Crippen LogP contribution in [-0.2, 0) is 24.0 Å². The molecule has 13 heteroatoms. The molecule has 1 aromatic heterocycles. The summed E-state index contributed by atoms with van der Waals surface area (Å²) in [5.74, 6) is -3.47. The molecule has 13 nitrogen and oxygen atoms in total. The van der Waals surface area contributed by atoms with Gasteiger partial charge in [-0.3, -0.25) is 28.8 Å². The second kappa shape index (κ2) is 13.9. The average Bonchev–Trinajstić information content (AvgIpc) is 3.72. The molecule has 4 atom stereocenters. The SMILES string of the molecule is Cc1cc(C(=O)N[C@H](C(=O)N2CCC[C@H]2C(=O)N[C@@H](C[C@@H]2CCNC2=O)C(=O)C(=O)NC(C)C)C2CCCCC2)no1. The van der Waals surface area contributed by atoms with Crippen molar-refractivity contribution in [1.82, 2.24) is 31.3 Å². The van der Waals surface area contributed by atoms with E-state index in [-0.39, 0.29) is 35.9 Å². The fourth-order valence-corrected chi connectivity index (χ4v) is 6.16. The fraction of sp³-hybridized carbons (Fsp3) is 0.690. The van der Waals surface area contributed by atoms with Crippen LogP contribution in [0.15, 0.2) is 10.6 Å². The van der Waals surface area contributed by atoms with E-state index in [9.17, 15) is 28.8 Å². The number of Topliss-reactive ketones (excluding diaryl/α,β-unsaturated/α-hetero) is 1. The molecule has 1 saturated carbocycles. The molecule has 0 unspecified atom stereocenters. The van der Waals surface area contributed by atoms with Crippen LogP contribution in [0.2, 0.25) is 0 Å². The fourth-order valence-electron chi connectivity index (χ4n) is 6.16. The molecule has 0 aromatic carbocycles. The van der Waals surface area contributed by atoms with E-state index >= 15 is 0 Å². The number of aryl methyl sites for hydroxylation is 1. The highest BCUT2D eigenvalue weighted by Gasteiger charge is 2.42. The number of likely N-dealkylation sites (tertiary alicyclic amines) is 1. The number of aromatic nitrogens is 1. The Morgan fingerprint density at radius 1 is 1.02 bits per heavy atom. The lowest BCUT2D eigenvalue weighted by atomic mass is 9.83. The Balaban J connectivity index is 1.51. The molecular weight excluding hydrogens is 544 g/mol. The highest BCUT2D eigenvalue weighted by atomic mass is 16.5. The molecular formula is C29H42N6O7. The number of nitrogens with zero attached hydrogens (tertiary/aromatic N) is 2. The van der Waals surface area contributed by atoms with Crippen molar-refractivity contribution in [3.8, 4) is 0 Å². The van der Waals surface area contributed by atoms with Crippen LogP contribution in [0.3, 0.4) is 0 Å². The van der Waals surface area contributed by atoms with Crippen LogP contribution < -0.4 is 21.3 Å². The molecule has 0 radical (unpaired) electrons. The molecule has 3 aliphatic rings. The molecule has 2 aliphatic heterocycles. The van der Waals surface area contributed by atoms with Crippen molar-refractivity contribution >= 4 is 35.3 Å². The van der Waals surface area contributed by atoms with Crippen molar-refractivity contribution in [3.05, 3.63) is 17.5 Å². The van der Waals surface area contributed by atoms with Crippen molar-refractivity contribution < 1.29 is 33.3 Å². The van der Waals surface area contributed by atoms with E-state index < -0.39 is 47.5 Å². The van der Waals surface area contributed by atoms with Crippen LogP contribution in [0.25, 0.3) is 0 Å². The second-order valence-electron chi connectivity index (χ2n) is 11.9. The van der Waals surface area contributed by atoms with Gasteiger partial charge in [-0.05, 0) is 65.2 Å². The molecule has 4 rings (SSSR count). The zero-order chi connectivity index (χ0) is 30.4. The first-order valence-electron chi connectivity index (χ1n) is 15.0. The van der Waals surface area contributed by atoms with Gasteiger partial charge in [0.15, 0.2) is 5.69 Å². The summed E-state index contributed by atoms with van der Waals surface area (Å²) in [6.07, 6.45) is 5.88. The maximum absolute atomic E-state index is 14.0. The summed E-state index contributed by atoms with van der Waals surface area (Å²) in [6, 6.07) is -1.73. The van der Waals surface area contributed by atoms with E-state index in [1.165, 1.54) is 11.0 Å². The maximum Gasteiger partial charge on any atom is 0.289 e. The van der Waals surface area contributed by atoms with Gasteiger partial charge in [0.25, 0.3) is 11.8 Å². The first-order chi connectivity index (χ1) is 20.0. The summed E-state index contributed by atoms with van der Waals surface area (Å²) < 4.78 is 5.03. The maximum atomic E-state index is 14.0. The molecule has 2 saturated heterocycles. The van der Waals surface area contributed by atoms with Gasteiger partial charge in [0.1, 0.15) is 17.8 Å². The van der Waals surface area contributed by atoms with Gasteiger partial charge in [-0.15, -0.1) is 0 Å². The number of hydrogen-bond acceptors (Lipinski definition) is 8. The lowest BCUT2D eigenvalue weighted by Gasteiger charge is -2.34. The molecule has 3 heterocycles. The highest BCUT2D eigenvalue weighted by molar-refractivity contribution is 6.38. The molecule has 0 spiro atoms. The van der Waals surface area contributed by atoms with Crippen molar-refractivity contribution in [2.75, 3.05) is 13.1 Å². The van der Waals surface area contributed by atoms with Gasteiger partial charge in [-0.1, -0.05) is 24.4 Å². The minimum Gasteiger partial charge on any atom is -0.361 e. The van der Waals surface area contributed by atoms with E-state index in [1.807, 2.05) is 0 Å². The number of rotatable bonds is 11. The standard InChI is InChI=1S/C29H42N6O7/c1-16(2)31-28(40)24(36)20(15-19-11-12-30-25(19)37)32-27(39)22-10-7-13-35(22)29(41)23(18-8-5-4-6-9-18)33-26(38)21-14-17(3)42-34-21/h14,16,18-20,22-23H,4-13,15H2,1-3H3,(H,30,37)(H,31,40)(H,32,39)(H,33,38)/t19-,20-,22-,23-/m0/s1. The average molecular weight is 587 g/mol. The van der Waals surface area contributed by atoms with Crippen LogP contribution >= 0.6 is 0 Å². The van der Waals surface area contributed by atoms with Crippen LogP contribution in [0, 0.1) is 18.8 Å². The Morgan fingerprint density at radius 3 is 2.38 bits per heavy atom. The van der Waals surface area contributed by atoms with Crippen LogP contribution in [0.5, 0.6) is 0 Å². The Kier molecular flexibility index (Phi) is 10.3. The minimum absolute atomic E-state index is 0.0134. The Hall–Kier alpha value is -3.77. The zero-order valence-electron chi connectivity index (χ0n) is 24.6. The summed E-state index contributed by atoms with van der Waals surface area (Å²) in [7, 11) is 0. The third kappa shape index (κ3) is 7.54. The Morgan fingerprint density at radius 2 is 1.76 bits per heavy atom. The summed E-state index contributed by atoms with van der Waals surface area (Å²) in [4.78, 5) is 80.0. The van der Waals surface area contributed by atoms with Gasteiger partial charge >= 0.3 is 0 Å². The first-order valence-corrected chi connectivity index (χ1v) is 15.0. The van der Waals surface area contributed by atoms with Gasteiger partial charge < -0.3 is 30.7 Å². The number of amides is 5. The summed E-state index contributed by atoms with van der Waals surface area (Å²) in [5, 5.41) is 14.6. The molecule has 230 valence electrons. The topological polar surface area (TPSA) is 180 Å².